The summed E-state index contributed by atoms with van der Waals surface area (Å²) in [6, 6.07) is 3.69. The van der Waals surface area contributed by atoms with E-state index in [0.717, 1.165) is 25.6 Å². The van der Waals surface area contributed by atoms with Crippen LogP contribution in [0, 0.1) is 17.7 Å². The summed E-state index contributed by atoms with van der Waals surface area (Å²) in [5.41, 5.74) is 0. The van der Waals surface area contributed by atoms with Gasteiger partial charge in [0.25, 0.3) is 0 Å². The van der Waals surface area contributed by atoms with Crippen LogP contribution in [0.3, 0.4) is 0 Å². The predicted octanol–water partition coefficient (Wildman–Crippen LogP) is 2.13. The molecule has 0 aromatic heterocycles. The van der Waals surface area contributed by atoms with Crippen molar-refractivity contribution in [3.63, 3.8) is 0 Å². The quantitative estimate of drug-likeness (QED) is 0.884. The minimum Gasteiger partial charge on any atom is -0.316 e. The highest BCUT2D eigenvalue weighted by Gasteiger charge is 2.38. The number of rotatable bonds is 2. The van der Waals surface area contributed by atoms with Crippen LogP contribution in [0.5, 0.6) is 0 Å². The van der Waals surface area contributed by atoms with Gasteiger partial charge in [-0.15, -0.1) is 12.4 Å². The van der Waals surface area contributed by atoms with Crippen LogP contribution in [-0.2, 0) is 10.0 Å². The molecule has 0 aliphatic carbocycles. The molecule has 2 heterocycles. The molecule has 3 rings (SSSR count). The van der Waals surface area contributed by atoms with E-state index in [1.165, 1.54) is 16.4 Å². The summed E-state index contributed by atoms with van der Waals surface area (Å²) in [6.07, 6.45) is 0.826. The lowest BCUT2D eigenvalue weighted by molar-refractivity contribution is 0.227. The van der Waals surface area contributed by atoms with Crippen molar-refractivity contribution in [1.82, 2.24) is 9.62 Å². The first-order valence-corrected chi connectivity index (χ1v) is 8.46. The Labute approximate surface area is 135 Å². The van der Waals surface area contributed by atoms with E-state index in [-0.39, 0.29) is 22.3 Å². The largest absolute Gasteiger partial charge is 0.316 e. The molecule has 0 amide bonds. The van der Waals surface area contributed by atoms with Gasteiger partial charge in [0.2, 0.25) is 10.0 Å². The van der Waals surface area contributed by atoms with Gasteiger partial charge in [-0.05, 0) is 49.5 Å². The normalized spacial score (nSPS) is 26.2. The molecule has 1 N–H and O–H groups in total. The Bertz CT molecular complexity index is 627. The fraction of sp³-hybridized carbons (Fsp3) is 0.538. The van der Waals surface area contributed by atoms with Crippen LogP contribution in [0.25, 0.3) is 0 Å². The van der Waals surface area contributed by atoms with Crippen molar-refractivity contribution in [2.45, 2.75) is 11.3 Å². The van der Waals surface area contributed by atoms with Gasteiger partial charge in [0.15, 0.2) is 0 Å². The van der Waals surface area contributed by atoms with Gasteiger partial charge < -0.3 is 5.32 Å². The average Bonchev–Trinajstić information content (AvgIpc) is 2.85. The lowest BCUT2D eigenvalue weighted by atomic mass is 9.90. The van der Waals surface area contributed by atoms with Gasteiger partial charge in [0.1, 0.15) is 10.7 Å². The first-order chi connectivity index (χ1) is 9.48. The van der Waals surface area contributed by atoms with Crippen molar-refractivity contribution in [3.05, 3.63) is 29.0 Å². The van der Waals surface area contributed by atoms with Crippen LogP contribution < -0.4 is 5.32 Å². The third-order valence-corrected chi connectivity index (χ3v) is 6.31. The van der Waals surface area contributed by atoms with Crippen molar-refractivity contribution < 1.29 is 12.8 Å². The number of fused-ring (bicyclic) bond motifs is 1. The molecule has 1 aromatic rings. The Kier molecular flexibility index (Phi) is 5.15. The van der Waals surface area contributed by atoms with Gasteiger partial charge in [0, 0.05) is 18.1 Å². The second kappa shape index (κ2) is 6.38. The molecule has 2 aliphatic rings. The summed E-state index contributed by atoms with van der Waals surface area (Å²) in [5.74, 6) is 0.0783. The van der Waals surface area contributed by atoms with E-state index < -0.39 is 15.8 Å². The molecular formula is C13H17Cl2FN2O2S. The topological polar surface area (TPSA) is 49.4 Å². The predicted molar refractivity (Wildman–Crippen MR) is 81.9 cm³/mol. The molecule has 8 heteroatoms. The van der Waals surface area contributed by atoms with Crippen molar-refractivity contribution >= 4 is 34.0 Å². The molecule has 0 radical (unpaired) electrons. The van der Waals surface area contributed by atoms with E-state index in [9.17, 15) is 12.8 Å². The van der Waals surface area contributed by atoms with E-state index in [4.69, 9.17) is 11.6 Å². The van der Waals surface area contributed by atoms with E-state index in [1.54, 1.807) is 0 Å². The van der Waals surface area contributed by atoms with Gasteiger partial charge in [-0.25, -0.2) is 12.8 Å². The molecule has 0 bridgehead atoms. The van der Waals surface area contributed by atoms with Crippen molar-refractivity contribution in [3.8, 4) is 0 Å². The molecule has 4 nitrogen and oxygen atoms in total. The average molecular weight is 355 g/mol. The zero-order valence-electron chi connectivity index (χ0n) is 11.3. The fourth-order valence-electron chi connectivity index (χ4n) is 3.04. The van der Waals surface area contributed by atoms with Crippen LogP contribution in [-0.4, -0.2) is 38.9 Å². The second-order valence-electron chi connectivity index (χ2n) is 5.40. The van der Waals surface area contributed by atoms with Crippen LogP contribution in [0.4, 0.5) is 4.39 Å². The summed E-state index contributed by atoms with van der Waals surface area (Å²) < 4.78 is 40.3. The lowest BCUT2D eigenvalue weighted by Crippen LogP contribution is -2.43. The molecule has 2 unspecified atom stereocenters. The summed E-state index contributed by atoms with van der Waals surface area (Å²) >= 11 is 5.67. The summed E-state index contributed by atoms with van der Waals surface area (Å²) in [7, 11) is -3.78. The minimum absolute atomic E-state index is 0. The number of nitrogens with one attached hydrogen (secondary N) is 1. The summed E-state index contributed by atoms with van der Waals surface area (Å²) in [6.45, 7) is 2.70. The molecule has 2 saturated heterocycles. The number of hydrogen-bond donors (Lipinski definition) is 1. The zero-order chi connectivity index (χ0) is 14.3. The standard InChI is InChI=1S/C13H16ClFN2O2S.ClH/c14-11-1-2-13(12(15)5-11)20(18,19)17-4-3-9-6-16-7-10(9)8-17;/h1-2,5,9-10,16H,3-4,6-8H2;1H. The molecule has 21 heavy (non-hydrogen) atoms. The number of halogens is 3. The van der Waals surface area contributed by atoms with Crippen LogP contribution in [0.1, 0.15) is 6.42 Å². The molecular weight excluding hydrogens is 338 g/mol. The molecule has 1 aromatic carbocycles. The van der Waals surface area contributed by atoms with E-state index >= 15 is 0 Å². The Morgan fingerprint density at radius 1 is 1.29 bits per heavy atom. The van der Waals surface area contributed by atoms with Crippen LogP contribution in [0.2, 0.25) is 5.02 Å². The molecule has 0 spiro atoms. The number of sulfonamides is 1. The lowest BCUT2D eigenvalue weighted by Gasteiger charge is -2.33. The Hall–Kier alpha value is -0.400. The summed E-state index contributed by atoms with van der Waals surface area (Å²) in [5, 5.41) is 3.48. The number of hydrogen-bond acceptors (Lipinski definition) is 3. The van der Waals surface area contributed by atoms with Gasteiger partial charge in [-0.2, -0.15) is 4.31 Å². The van der Waals surface area contributed by atoms with Crippen LogP contribution >= 0.6 is 24.0 Å². The van der Waals surface area contributed by atoms with Crippen molar-refractivity contribution in [2.24, 2.45) is 11.8 Å². The number of piperidine rings is 1. The van der Waals surface area contributed by atoms with Crippen LogP contribution in [0.15, 0.2) is 23.1 Å². The SMILES string of the molecule is Cl.O=S(=O)(c1ccc(Cl)cc1F)N1CCC2CNCC2C1. The highest BCUT2D eigenvalue weighted by Crippen LogP contribution is 2.31. The van der Waals surface area contributed by atoms with E-state index in [2.05, 4.69) is 5.32 Å². The maximum absolute atomic E-state index is 13.9. The first-order valence-electron chi connectivity index (χ1n) is 6.64. The zero-order valence-corrected chi connectivity index (χ0v) is 13.6. The maximum atomic E-state index is 13.9. The molecule has 0 saturated carbocycles. The van der Waals surface area contributed by atoms with Gasteiger partial charge in [0.05, 0.1) is 0 Å². The first kappa shape index (κ1) is 17.0. The second-order valence-corrected chi connectivity index (χ2v) is 7.75. The highest BCUT2D eigenvalue weighted by molar-refractivity contribution is 7.89. The fourth-order valence-corrected chi connectivity index (χ4v) is 4.76. The number of benzene rings is 1. The smallest absolute Gasteiger partial charge is 0.245 e. The molecule has 2 aliphatic heterocycles. The van der Waals surface area contributed by atoms with Gasteiger partial charge >= 0.3 is 0 Å². The molecule has 2 fully saturated rings. The van der Waals surface area contributed by atoms with Crippen molar-refractivity contribution in [1.29, 1.82) is 0 Å². The minimum atomic E-state index is -3.78. The van der Waals surface area contributed by atoms with E-state index in [1.807, 2.05) is 0 Å². The third-order valence-electron chi connectivity index (χ3n) is 4.18. The molecule has 2 atom stereocenters. The Balaban J connectivity index is 0.00000161. The Morgan fingerprint density at radius 3 is 2.71 bits per heavy atom. The number of nitrogens with zero attached hydrogens (tertiary/aromatic N) is 1. The highest BCUT2D eigenvalue weighted by atomic mass is 35.5. The van der Waals surface area contributed by atoms with Gasteiger partial charge in [-0.3, -0.25) is 0 Å². The van der Waals surface area contributed by atoms with E-state index in [0.29, 0.717) is 24.9 Å². The summed E-state index contributed by atoms with van der Waals surface area (Å²) in [4.78, 5) is -0.286. The maximum Gasteiger partial charge on any atom is 0.245 e. The molecule has 118 valence electrons. The third kappa shape index (κ3) is 3.19. The van der Waals surface area contributed by atoms with Crippen molar-refractivity contribution in [2.75, 3.05) is 26.2 Å². The Morgan fingerprint density at radius 2 is 2.00 bits per heavy atom. The monoisotopic (exact) mass is 354 g/mol. The van der Waals surface area contributed by atoms with Gasteiger partial charge in [-0.1, -0.05) is 11.6 Å².